The summed E-state index contributed by atoms with van der Waals surface area (Å²) in [5.41, 5.74) is 3.15. The number of benzene rings is 3. The lowest BCUT2D eigenvalue weighted by Crippen LogP contribution is -2.35. The molecule has 2 N–H and O–H groups in total. The molecule has 3 rings (SSSR count). The van der Waals surface area contributed by atoms with Gasteiger partial charge in [-0.25, -0.2) is 9.59 Å². The van der Waals surface area contributed by atoms with Crippen molar-refractivity contribution in [1.29, 1.82) is 0 Å². The van der Waals surface area contributed by atoms with Gasteiger partial charge in [0.1, 0.15) is 18.0 Å². The molecule has 172 valence electrons. The number of aryl methyl sites for hydroxylation is 1. The number of carbonyl (C=O) groups excluding carboxylic acids is 1. The first-order chi connectivity index (χ1) is 15.6. The Balaban J connectivity index is 1.80. The second-order valence-corrected chi connectivity index (χ2v) is 8.80. The Morgan fingerprint density at radius 3 is 2.27 bits per heavy atom. The second kappa shape index (κ2) is 10.2. The third kappa shape index (κ3) is 6.84. The van der Waals surface area contributed by atoms with E-state index in [9.17, 15) is 9.59 Å². The van der Waals surface area contributed by atoms with E-state index in [2.05, 4.69) is 5.32 Å². The highest BCUT2D eigenvalue weighted by atomic mass is 16.6. The maximum Gasteiger partial charge on any atom is 0.408 e. The molecule has 0 radical (unpaired) electrons. The molecule has 0 fully saturated rings. The smallest absolute Gasteiger partial charge is 0.408 e. The van der Waals surface area contributed by atoms with E-state index in [-0.39, 0.29) is 5.56 Å². The molecule has 0 heterocycles. The number of nitrogens with one attached hydrogen (secondary N) is 1. The molecule has 3 aromatic carbocycles. The van der Waals surface area contributed by atoms with Gasteiger partial charge in [-0.05, 0) is 74.2 Å². The van der Waals surface area contributed by atoms with Crippen molar-refractivity contribution < 1.29 is 24.2 Å². The zero-order valence-corrected chi connectivity index (χ0v) is 19.3. The van der Waals surface area contributed by atoms with Crippen LogP contribution in [-0.4, -0.2) is 22.8 Å². The van der Waals surface area contributed by atoms with Crippen LogP contribution in [0.4, 0.5) is 4.79 Å². The highest BCUT2D eigenvalue weighted by Gasteiger charge is 2.22. The van der Waals surface area contributed by atoms with E-state index in [1.807, 2.05) is 82.3 Å². The van der Waals surface area contributed by atoms with Crippen LogP contribution in [0.5, 0.6) is 5.75 Å². The Morgan fingerprint density at radius 2 is 1.64 bits per heavy atom. The fourth-order valence-corrected chi connectivity index (χ4v) is 3.37. The zero-order valence-electron chi connectivity index (χ0n) is 19.3. The maximum atomic E-state index is 12.5. The van der Waals surface area contributed by atoms with Crippen molar-refractivity contribution in [3.63, 3.8) is 0 Å². The average molecular weight is 448 g/mol. The van der Waals surface area contributed by atoms with Crippen LogP contribution in [0.15, 0.2) is 72.8 Å². The van der Waals surface area contributed by atoms with Crippen molar-refractivity contribution in [3.8, 4) is 5.75 Å². The van der Waals surface area contributed by atoms with Crippen molar-refractivity contribution in [2.45, 2.75) is 45.9 Å². The Kier molecular flexibility index (Phi) is 7.38. The number of rotatable bonds is 7. The lowest BCUT2D eigenvalue weighted by atomic mass is 9.98. The maximum absolute atomic E-state index is 12.5. The van der Waals surface area contributed by atoms with Crippen LogP contribution in [0.3, 0.4) is 0 Å². The van der Waals surface area contributed by atoms with Crippen molar-refractivity contribution in [3.05, 3.63) is 101 Å². The third-order valence-corrected chi connectivity index (χ3v) is 4.97. The van der Waals surface area contributed by atoms with E-state index in [4.69, 9.17) is 14.6 Å². The summed E-state index contributed by atoms with van der Waals surface area (Å²) in [6.45, 7) is 7.62. The summed E-state index contributed by atoms with van der Waals surface area (Å²) in [5.74, 6) is -0.316. The van der Waals surface area contributed by atoms with Gasteiger partial charge in [0.15, 0.2) is 0 Å². The molecule has 0 saturated carbocycles. The Labute approximate surface area is 194 Å². The standard InChI is InChI=1S/C27H29NO5/c1-18-15-21(25(29)30)13-14-22(18)17-32-23-12-8-11-20(16-23)24(19-9-6-5-7-10-19)28-26(31)33-27(2,3)4/h5-16,24H,17H2,1-4H3,(H,28,31)(H,29,30). The number of ether oxygens (including phenoxy) is 2. The van der Waals surface area contributed by atoms with Gasteiger partial charge in [0.05, 0.1) is 11.6 Å². The average Bonchev–Trinajstić information content (AvgIpc) is 2.76. The summed E-state index contributed by atoms with van der Waals surface area (Å²) in [6.07, 6.45) is -0.503. The topological polar surface area (TPSA) is 84.9 Å². The van der Waals surface area contributed by atoms with E-state index in [1.54, 1.807) is 18.2 Å². The highest BCUT2D eigenvalue weighted by molar-refractivity contribution is 5.87. The Hall–Kier alpha value is -3.80. The van der Waals surface area contributed by atoms with Crippen LogP contribution in [0.2, 0.25) is 0 Å². The lowest BCUT2D eigenvalue weighted by molar-refractivity contribution is 0.0511. The lowest BCUT2D eigenvalue weighted by Gasteiger charge is -2.24. The molecule has 0 aromatic heterocycles. The third-order valence-electron chi connectivity index (χ3n) is 4.97. The molecule has 0 aliphatic rings. The van der Waals surface area contributed by atoms with Gasteiger partial charge < -0.3 is 19.9 Å². The van der Waals surface area contributed by atoms with Crippen LogP contribution in [0.25, 0.3) is 0 Å². The largest absolute Gasteiger partial charge is 0.489 e. The summed E-state index contributed by atoms with van der Waals surface area (Å²) in [4.78, 5) is 23.7. The van der Waals surface area contributed by atoms with Gasteiger partial charge >= 0.3 is 12.1 Å². The van der Waals surface area contributed by atoms with Crippen molar-refractivity contribution in [2.75, 3.05) is 0 Å². The molecule has 0 aliphatic carbocycles. The van der Waals surface area contributed by atoms with Crippen LogP contribution < -0.4 is 10.1 Å². The molecule has 1 unspecified atom stereocenters. The normalized spacial score (nSPS) is 12.0. The molecule has 1 atom stereocenters. The molecule has 6 nitrogen and oxygen atoms in total. The predicted molar refractivity (Wildman–Crippen MR) is 127 cm³/mol. The van der Waals surface area contributed by atoms with Gasteiger partial charge in [-0.1, -0.05) is 48.5 Å². The van der Waals surface area contributed by atoms with Gasteiger partial charge in [0.25, 0.3) is 0 Å². The molecule has 33 heavy (non-hydrogen) atoms. The van der Waals surface area contributed by atoms with Gasteiger partial charge in [-0.3, -0.25) is 0 Å². The van der Waals surface area contributed by atoms with Crippen LogP contribution >= 0.6 is 0 Å². The SMILES string of the molecule is Cc1cc(C(=O)O)ccc1COc1cccc(C(NC(=O)OC(C)(C)C)c2ccccc2)c1. The van der Waals surface area contributed by atoms with Crippen LogP contribution in [-0.2, 0) is 11.3 Å². The molecular weight excluding hydrogens is 418 g/mol. The number of aromatic carboxylic acids is 1. The van der Waals surface area contributed by atoms with Crippen molar-refractivity contribution in [2.24, 2.45) is 0 Å². The van der Waals surface area contributed by atoms with E-state index in [1.165, 1.54) is 0 Å². The van der Waals surface area contributed by atoms with Gasteiger partial charge in [-0.15, -0.1) is 0 Å². The first kappa shape index (κ1) is 23.9. The summed E-state index contributed by atoms with van der Waals surface area (Å²) in [5, 5.41) is 12.1. The quantitative estimate of drug-likeness (QED) is 0.472. The molecule has 0 spiro atoms. The van der Waals surface area contributed by atoms with Gasteiger partial charge in [0.2, 0.25) is 0 Å². The molecule has 0 bridgehead atoms. The first-order valence-electron chi connectivity index (χ1n) is 10.7. The number of carbonyl (C=O) groups is 2. The molecule has 1 amide bonds. The van der Waals surface area contributed by atoms with E-state index >= 15 is 0 Å². The minimum Gasteiger partial charge on any atom is -0.489 e. The predicted octanol–water partition coefficient (Wildman–Crippen LogP) is 5.89. The van der Waals surface area contributed by atoms with Crippen molar-refractivity contribution in [1.82, 2.24) is 5.32 Å². The minimum absolute atomic E-state index is 0.247. The Bertz CT molecular complexity index is 1120. The van der Waals surface area contributed by atoms with E-state index in [0.717, 1.165) is 22.3 Å². The number of hydrogen-bond donors (Lipinski definition) is 2. The summed E-state index contributed by atoms with van der Waals surface area (Å²) >= 11 is 0. The van der Waals surface area contributed by atoms with Crippen LogP contribution in [0.1, 0.15) is 59.4 Å². The van der Waals surface area contributed by atoms with E-state index < -0.39 is 23.7 Å². The summed E-state index contributed by atoms with van der Waals surface area (Å²) in [6, 6.07) is 21.7. The monoisotopic (exact) mass is 447 g/mol. The van der Waals surface area contributed by atoms with Crippen LogP contribution in [0, 0.1) is 6.92 Å². The minimum atomic E-state index is -0.956. The fraction of sp³-hybridized carbons (Fsp3) is 0.259. The molecular formula is C27H29NO5. The number of hydrogen-bond acceptors (Lipinski definition) is 4. The van der Waals surface area contributed by atoms with Crippen molar-refractivity contribution >= 4 is 12.1 Å². The Morgan fingerprint density at radius 1 is 0.939 bits per heavy atom. The molecule has 0 saturated heterocycles. The molecule has 0 aliphatic heterocycles. The number of alkyl carbamates (subject to hydrolysis) is 1. The second-order valence-electron chi connectivity index (χ2n) is 8.80. The number of carboxylic acids is 1. The van der Waals surface area contributed by atoms with Gasteiger partial charge in [-0.2, -0.15) is 0 Å². The molecule has 6 heteroatoms. The van der Waals surface area contributed by atoms with E-state index in [0.29, 0.717) is 12.4 Å². The number of carboxylic acid groups (broad SMARTS) is 1. The highest BCUT2D eigenvalue weighted by Crippen LogP contribution is 2.26. The molecule has 3 aromatic rings. The van der Waals surface area contributed by atoms with Gasteiger partial charge in [0, 0.05) is 0 Å². The summed E-state index contributed by atoms with van der Waals surface area (Å²) < 4.78 is 11.5. The summed E-state index contributed by atoms with van der Waals surface area (Å²) in [7, 11) is 0. The zero-order chi connectivity index (χ0) is 24.0. The fourth-order valence-electron chi connectivity index (χ4n) is 3.37. The number of amides is 1. The first-order valence-corrected chi connectivity index (χ1v) is 10.7.